The Kier molecular flexibility index (Phi) is 3.98. The smallest absolute Gasteiger partial charge is 0.254 e. The molecule has 0 unspecified atom stereocenters. The van der Waals surface area contributed by atoms with Crippen LogP contribution in [0.2, 0.25) is 0 Å². The number of thiophene rings is 1. The Morgan fingerprint density at radius 3 is 3.04 bits per heavy atom. The molecule has 2 atom stereocenters. The zero-order chi connectivity index (χ0) is 18.5. The molecule has 4 heterocycles. The van der Waals surface area contributed by atoms with E-state index >= 15 is 0 Å². The van der Waals surface area contributed by atoms with Crippen molar-refractivity contribution >= 4 is 27.5 Å². The Balaban J connectivity index is 1.54. The number of amides is 1. The minimum Gasteiger partial charge on any atom is -0.334 e. The van der Waals surface area contributed by atoms with E-state index in [1.54, 1.807) is 17.7 Å². The number of hydrogen-bond acceptors (Lipinski definition) is 5. The molecule has 5 nitrogen and oxygen atoms in total. The molecular formula is C21H22N4OS. The fourth-order valence-corrected chi connectivity index (χ4v) is 5.46. The molecule has 2 saturated heterocycles. The molecule has 1 amide bonds. The molecule has 0 saturated carbocycles. The van der Waals surface area contributed by atoms with Crippen LogP contribution in [0.1, 0.15) is 27.2 Å². The van der Waals surface area contributed by atoms with Gasteiger partial charge in [0.2, 0.25) is 0 Å². The summed E-state index contributed by atoms with van der Waals surface area (Å²) in [5.74, 6) is 0.742. The first-order valence-electron chi connectivity index (χ1n) is 9.46. The van der Waals surface area contributed by atoms with Crippen molar-refractivity contribution in [2.45, 2.75) is 26.3 Å². The van der Waals surface area contributed by atoms with Crippen molar-refractivity contribution < 1.29 is 4.79 Å². The maximum Gasteiger partial charge on any atom is 0.254 e. The molecule has 0 aliphatic carbocycles. The van der Waals surface area contributed by atoms with E-state index in [1.807, 2.05) is 24.3 Å². The van der Waals surface area contributed by atoms with Crippen LogP contribution in [-0.4, -0.2) is 46.5 Å². The Morgan fingerprint density at radius 1 is 1.26 bits per heavy atom. The Morgan fingerprint density at radius 2 is 2.15 bits per heavy atom. The molecule has 138 valence electrons. The van der Waals surface area contributed by atoms with Crippen LogP contribution >= 0.6 is 11.3 Å². The molecule has 1 N–H and O–H groups in total. The highest BCUT2D eigenvalue weighted by molar-refractivity contribution is 7.18. The average molecular weight is 379 g/mol. The standard InChI is InChI=1S/C21H22N4OS/c1-12-13(2)27-20-18(12)19(23-11-24-20)14-4-3-5-15(8-14)21(26)25-7-6-16-9-22-10-17(16)25/h3-5,8,11,16-17,22H,6-7,9-10H2,1-2H3/t16-,17+/m0/s1. The van der Waals surface area contributed by atoms with Crippen molar-refractivity contribution in [1.29, 1.82) is 0 Å². The Bertz CT molecular complexity index is 1040. The third kappa shape index (κ3) is 2.66. The number of rotatable bonds is 2. The van der Waals surface area contributed by atoms with Crippen molar-refractivity contribution in [3.8, 4) is 11.3 Å². The van der Waals surface area contributed by atoms with E-state index in [1.165, 1.54) is 10.4 Å². The van der Waals surface area contributed by atoms with E-state index in [0.717, 1.165) is 53.1 Å². The minimum absolute atomic E-state index is 0.136. The predicted molar refractivity (Wildman–Crippen MR) is 108 cm³/mol. The maximum atomic E-state index is 13.2. The molecule has 0 bridgehead atoms. The molecule has 0 spiro atoms. The van der Waals surface area contributed by atoms with Crippen molar-refractivity contribution in [2.24, 2.45) is 5.92 Å². The number of nitrogens with zero attached hydrogens (tertiary/aromatic N) is 3. The number of aryl methyl sites for hydroxylation is 2. The summed E-state index contributed by atoms with van der Waals surface area (Å²) in [6.07, 6.45) is 2.72. The summed E-state index contributed by atoms with van der Waals surface area (Å²) in [6, 6.07) is 8.26. The van der Waals surface area contributed by atoms with Gasteiger partial charge in [0, 0.05) is 47.1 Å². The van der Waals surface area contributed by atoms with Gasteiger partial charge in [-0.05, 0) is 43.9 Å². The van der Waals surface area contributed by atoms with Crippen molar-refractivity contribution in [2.75, 3.05) is 19.6 Å². The monoisotopic (exact) mass is 378 g/mol. The van der Waals surface area contributed by atoms with Crippen LogP contribution in [0.4, 0.5) is 0 Å². The third-order valence-corrected chi connectivity index (χ3v) is 7.17. The van der Waals surface area contributed by atoms with Crippen molar-refractivity contribution in [3.63, 3.8) is 0 Å². The lowest BCUT2D eigenvalue weighted by molar-refractivity contribution is 0.0737. The van der Waals surface area contributed by atoms with Gasteiger partial charge in [0.15, 0.2) is 0 Å². The number of hydrogen-bond donors (Lipinski definition) is 1. The molecule has 6 heteroatoms. The van der Waals surface area contributed by atoms with Crippen molar-refractivity contribution in [3.05, 3.63) is 46.6 Å². The summed E-state index contributed by atoms with van der Waals surface area (Å²) in [5, 5.41) is 4.52. The summed E-state index contributed by atoms with van der Waals surface area (Å²) >= 11 is 1.70. The SMILES string of the molecule is Cc1sc2ncnc(-c3cccc(C(=O)N4CC[C@H]5CNC[C@H]54)c3)c2c1C. The lowest BCUT2D eigenvalue weighted by Crippen LogP contribution is -2.39. The average Bonchev–Trinajstić information content (AvgIpc) is 3.37. The predicted octanol–water partition coefficient (Wildman–Crippen LogP) is 3.41. The maximum absolute atomic E-state index is 13.2. The van der Waals surface area contributed by atoms with E-state index < -0.39 is 0 Å². The van der Waals surface area contributed by atoms with Gasteiger partial charge in [0.1, 0.15) is 11.2 Å². The molecule has 2 aromatic heterocycles. The first-order chi connectivity index (χ1) is 13.1. The lowest BCUT2D eigenvalue weighted by Gasteiger charge is -2.23. The minimum atomic E-state index is 0.136. The zero-order valence-corrected chi connectivity index (χ0v) is 16.3. The molecule has 2 fully saturated rings. The molecule has 1 aromatic carbocycles. The number of likely N-dealkylation sites (tertiary alicyclic amines) is 1. The Labute approximate surface area is 162 Å². The van der Waals surface area contributed by atoms with Crippen LogP contribution in [0, 0.1) is 19.8 Å². The molecule has 2 aliphatic rings. The topological polar surface area (TPSA) is 58.1 Å². The quantitative estimate of drug-likeness (QED) is 0.742. The third-order valence-electron chi connectivity index (χ3n) is 6.05. The molecule has 0 radical (unpaired) electrons. The molecule has 5 rings (SSSR count). The van der Waals surface area contributed by atoms with Gasteiger partial charge in [-0.15, -0.1) is 11.3 Å². The summed E-state index contributed by atoms with van der Waals surface area (Å²) in [7, 11) is 0. The molecular weight excluding hydrogens is 356 g/mol. The highest BCUT2D eigenvalue weighted by atomic mass is 32.1. The second-order valence-electron chi connectivity index (χ2n) is 7.54. The summed E-state index contributed by atoms with van der Waals surface area (Å²) in [6.45, 7) is 7.04. The number of benzene rings is 1. The van der Waals surface area contributed by atoms with Gasteiger partial charge in [-0.25, -0.2) is 9.97 Å². The van der Waals surface area contributed by atoms with Gasteiger partial charge in [0.25, 0.3) is 5.91 Å². The van der Waals surface area contributed by atoms with Crippen LogP contribution in [0.5, 0.6) is 0 Å². The van der Waals surface area contributed by atoms with E-state index in [-0.39, 0.29) is 5.91 Å². The fourth-order valence-electron chi connectivity index (χ4n) is 4.47. The van der Waals surface area contributed by atoms with E-state index in [9.17, 15) is 4.79 Å². The van der Waals surface area contributed by atoms with Gasteiger partial charge in [-0.1, -0.05) is 12.1 Å². The van der Waals surface area contributed by atoms with Gasteiger partial charge >= 0.3 is 0 Å². The van der Waals surface area contributed by atoms with Crippen molar-refractivity contribution in [1.82, 2.24) is 20.2 Å². The van der Waals surface area contributed by atoms with Gasteiger partial charge in [0.05, 0.1) is 5.69 Å². The van der Waals surface area contributed by atoms with E-state index in [2.05, 4.69) is 34.0 Å². The summed E-state index contributed by atoms with van der Waals surface area (Å²) in [5.41, 5.74) is 3.87. The molecule has 27 heavy (non-hydrogen) atoms. The Hall–Kier alpha value is -2.31. The second kappa shape index (κ2) is 6.39. The molecule has 3 aromatic rings. The van der Waals surface area contributed by atoms with Crippen LogP contribution < -0.4 is 5.32 Å². The van der Waals surface area contributed by atoms with Gasteiger partial charge in [-0.3, -0.25) is 4.79 Å². The highest BCUT2D eigenvalue weighted by Crippen LogP contribution is 2.35. The first-order valence-corrected chi connectivity index (χ1v) is 10.3. The van der Waals surface area contributed by atoms with Gasteiger partial charge < -0.3 is 10.2 Å². The second-order valence-corrected chi connectivity index (χ2v) is 8.74. The summed E-state index contributed by atoms with van der Waals surface area (Å²) < 4.78 is 0. The van der Waals surface area contributed by atoms with Crippen LogP contribution in [0.25, 0.3) is 21.5 Å². The first kappa shape index (κ1) is 16.8. The zero-order valence-electron chi connectivity index (χ0n) is 15.5. The van der Waals surface area contributed by atoms with Crippen LogP contribution in [0.15, 0.2) is 30.6 Å². The largest absolute Gasteiger partial charge is 0.334 e. The highest BCUT2D eigenvalue weighted by Gasteiger charge is 2.40. The van der Waals surface area contributed by atoms with Crippen LogP contribution in [0.3, 0.4) is 0 Å². The number of aromatic nitrogens is 2. The normalized spacial score (nSPS) is 21.8. The van der Waals surface area contributed by atoms with E-state index in [4.69, 9.17) is 0 Å². The molecule has 2 aliphatic heterocycles. The number of carbonyl (C=O) groups is 1. The van der Waals surface area contributed by atoms with Gasteiger partial charge in [-0.2, -0.15) is 0 Å². The summed E-state index contributed by atoms with van der Waals surface area (Å²) in [4.78, 5) is 26.5. The number of fused-ring (bicyclic) bond motifs is 2. The van der Waals surface area contributed by atoms with E-state index in [0.29, 0.717) is 12.0 Å². The fraction of sp³-hybridized carbons (Fsp3) is 0.381. The number of carbonyl (C=O) groups excluding carboxylic acids is 1. The van der Waals surface area contributed by atoms with Crippen LogP contribution in [-0.2, 0) is 0 Å². The lowest BCUT2D eigenvalue weighted by atomic mass is 10.0. The number of nitrogens with one attached hydrogen (secondary N) is 1.